The van der Waals surface area contributed by atoms with E-state index in [0.717, 1.165) is 70.0 Å². The average Bonchev–Trinajstić information content (AvgIpc) is 3.47. The molecule has 1 aliphatic carbocycles. The van der Waals surface area contributed by atoms with Crippen LogP contribution in [0.4, 0.5) is 10.5 Å². The van der Waals surface area contributed by atoms with Crippen LogP contribution < -0.4 is 10.6 Å². The van der Waals surface area contributed by atoms with Crippen molar-refractivity contribution in [3.05, 3.63) is 46.8 Å². The van der Waals surface area contributed by atoms with E-state index in [2.05, 4.69) is 33.3 Å². The number of nitrogens with one attached hydrogen (secondary N) is 2. The maximum Gasteiger partial charge on any atom is 0.411 e. The number of aromatic nitrogens is 3. The number of benzene rings is 2. The van der Waals surface area contributed by atoms with Crippen molar-refractivity contribution in [2.75, 3.05) is 11.9 Å². The summed E-state index contributed by atoms with van der Waals surface area (Å²) in [7, 11) is 1.93. The zero-order valence-corrected chi connectivity index (χ0v) is 19.6. The van der Waals surface area contributed by atoms with Crippen molar-refractivity contribution >= 4 is 39.5 Å². The highest BCUT2D eigenvalue weighted by Gasteiger charge is 2.35. The Morgan fingerprint density at radius 2 is 2.06 bits per heavy atom. The van der Waals surface area contributed by atoms with Crippen molar-refractivity contribution < 1.29 is 14.3 Å². The van der Waals surface area contributed by atoms with E-state index in [-0.39, 0.29) is 5.91 Å². The number of hydrogen-bond acceptors (Lipinski definition) is 4. The van der Waals surface area contributed by atoms with Crippen LogP contribution in [0.2, 0.25) is 0 Å². The van der Waals surface area contributed by atoms with Crippen molar-refractivity contribution in [3.63, 3.8) is 0 Å². The Morgan fingerprint density at radius 1 is 1.21 bits per heavy atom. The van der Waals surface area contributed by atoms with Crippen molar-refractivity contribution in [2.24, 2.45) is 7.05 Å². The van der Waals surface area contributed by atoms with Gasteiger partial charge in [-0.3, -0.25) is 14.8 Å². The van der Waals surface area contributed by atoms with Gasteiger partial charge in [-0.05, 0) is 55.5 Å². The Labute approximate surface area is 196 Å². The highest BCUT2D eigenvalue weighted by molar-refractivity contribution is 6.20. The molecule has 4 aromatic rings. The quantitative estimate of drug-likeness (QED) is 0.472. The molecule has 0 spiro atoms. The van der Waals surface area contributed by atoms with E-state index in [9.17, 15) is 9.59 Å². The molecule has 2 N–H and O–H groups in total. The summed E-state index contributed by atoms with van der Waals surface area (Å²) < 4.78 is 9.31. The smallest absolute Gasteiger partial charge is 0.411 e. The molecule has 8 nitrogen and oxygen atoms in total. The van der Waals surface area contributed by atoms with Gasteiger partial charge in [0.2, 0.25) is 0 Å². The van der Waals surface area contributed by atoms with Gasteiger partial charge in [-0.15, -0.1) is 0 Å². The fourth-order valence-corrected chi connectivity index (χ4v) is 5.73. The summed E-state index contributed by atoms with van der Waals surface area (Å²) in [6, 6.07) is 5.99. The SMILES string of the molecule is CCCn1c2ccc(NC(=O)OCC)cc2c2c3c(c4c(c21)CCc1nn(C)cc1-4)C(=O)NC3. The fraction of sp³-hybridized carbons (Fsp3) is 0.346. The van der Waals surface area contributed by atoms with Crippen LogP contribution in [-0.4, -0.2) is 33.0 Å². The second kappa shape index (κ2) is 7.62. The Bertz CT molecular complexity index is 1510. The normalized spacial score (nSPS) is 14.1. The summed E-state index contributed by atoms with van der Waals surface area (Å²) >= 11 is 0. The number of carbonyl (C=O) groups excluding carboxylic acids is 2. The monoisotopic (exact) mass is 457 g/mol. The van der Waals surface area contributed by atoms with Crippen molar-refractivity contribution in [3.8, 4) is 11.1 Å². The molecule has 2 aromatic carbocycles. The third-order valence-electron chi connectivity index (χ3n) is 6.91. The van der Waals surface area contributed by atoms with E-state index in [4.69, 9.17) is 4.74 Å². The van der Waals surface area contributed by atoms with Gasteiger partial charge in [0.25, 0.3) is 5.91 Å². The number of rotatable bonds is 4. The van der Waals surface area contributed by atoms with E-state index < -0.39 is 6.09 Å². The molecule has 174 valence electrons. The lowest BCUT2D eigenvalue weighted by atomic mass is 9.82. The maximum atomic E-state index is 13.1. The summed E-state index contributed by atoms with van der Waals surface area (Å²) in [5.74, 6) is -0.0259. The zero-order valence-electron chi connectivity index (χ0n) is 19.6. The fourth-order valence-electron chi connectivity index (χ4n) is 5.73. The van der Waals surface area contributed by atoms with Gasteiger partial charge >= 0.3 is 6.09 Å². The number of anilines is 1. The lowest BCUT2D eigenvalue weighted by Gasteiger charge is -2.21. The van der Waals surface area contributed by atoms with E-state index in [1.807, 2.05) is 30.1 Å². The van der Waals surface area contributed by atoms with Crippen LogP contribution in [0.25, 0.3) is 32.9 Å². The van der Waals surface area contributed by atoms with Crippen molar-refractivity contribution in [1.82, 2.24) is 19.7 Å². The Hall–Kier alpha value is -3.81. The van der Waals surface area contributed by atoms with E-state index >= 15 is 0 Å². The molecule has 2 aromatic heterocycles. The van der Waals surface area contributed by atoms with Crippen LogP contribution in [-0.2, 0) is 37.7 Å². The van der Waals surface area contributed by atoms with E-state index in [0.29, 0.717) is 18.8 Å². The minimum atomic E-state index is -0.470. The number of ether oxygens (including phenoxy) is 1. The summed E-state index contributed by atoms with van der Waals surface area (Å²) in [6.45, 7) is 5.64. The standard InChI is InChI=1S/C26H27N5O3/c1-4-10-31-20-9-6-14(28-26(33)34-5-2)11-16(20)22-17-12-27-25(32)23(17)21-15(24(22)31)7-8-19-18(21)13-30(3)29-19/h6,9,11,13H,4-5,7-8,10,12H2,1-3H3,(H,27,32)(H,28,33). The van der Waals surface area contributed by atoms with Gasteiger partial charge in [0.15, 0.2) is 0 Å². The Balaban J connectivity index is 1.71. The molecule has 0 fully saturated rings. The highest BCUT2D eigenvalue weighted by atomic mass is 16.5. The van der Waals surface area contributed by atoms with E-state index in [1.54, 1.807) is 6.92 Å². The molecule has 0 saturated carbocycles. The van der Waals surface area contributed by atoms with Crippen LogP contribution in [0, 0.1) is 0 Å². The number of carbonyl (C=O) groups is 2. The van der Waals surface area contributed by atoms with Crippen molar-refractivity contribution in [1.29, 1.82) is 0 Å². The molecule has 0 bridgehead atoms. The topological polar surface area (TPSA) is 90.2 Å². The maximum absolute atomic E-state index is 13.1. The van der Waals surface area contributed by atoms with Gasteiger partial charge in [-0.2, -0.15) is 5.10 Å². The van der Waals surface area contributed by atoms with Crippen LogP contribution in [0.1, 0.15) is 47.4 Å². The van der Waals surface area contributed by atoms with Crippen LogP contribution in [0.3, 0.4) is 0 Å². The van der Waals surface area contributed by atoms with Gasteiger partial charge < -0.3 is 14.6 Å². The molecule has 8 heteroatoms. The van der Waals surface area contributed by atoms with Gasteiger partial charge in [0.1, 0.15) is 0 Å². The zero-order chi connectivity index (χ0) is 23.6. The molecule has 2 aliphatic rings. The molecule has 3 heterocycles. The number of fused-ring (bicyclic) bond motifs is 10. The molecular formula is C26H27N5O3. The van der Waals surface area contributed by atoms with Crippen LogP contribution >= 0.6 is 0 Å². The Kier molecular flexibility index (Phi) is 4.65. The van der Waals surface area contributed by atoms with Gasteiger partial charge in [0.05, 0.1) is 23.4 Å². The number of hydrogen-bond donors (Lipinski definition) is 2. The summed E-state index contributed by atoms with van der Waals surface area (Å²) in [6.07, 6.45) is 4.25. The van der Waals surface area contributed by atoms with Gasteiger partial charge in [-0.1, -0.05) is 6.92 Å². The minimum absolute atomic E-state index is 0.0259. The number of nitrogens with zero attached hydrogens (tertiary/aromatic N) is 3. The first-order valence-electron chi connectivity index (χ1n) is 11.9. The second-order valence-electron chi connectivity index (χ2n) is 9.01. The largest absolute Gasteiger partial charge is 0.450 e. The Morgan fingerprint density at radius 3 is 2.85 bits per heavy atom. The molecule has 0 radical (unpaired) electrons. The first-order chi connectivity index (χ1) is 16.5. The third-order valence-corrected chi connectivity index (χ3v) is 6.91. The molecule has 1 aliphatic heterocycles. The molecule has 0 saturated heterocycles. The predicted octanol–water partition coefficient (Wildman–Crippen LogP) is 4.52. The van der Waals surface area contributed by atoms with Gasteiger partial charge in [0, 0.05) is 59.4 Å². The average molecular weight is 458 g/mol. The number of aryl methyl sites for hydroxylation is 4. The molecule has 0 atom stereocenters. The first-order valence-corrected chi connectivity index (χ1v) is 11.9. The first kappa shape index (κ1) is 20.8. The van der Waals surface area contributed by atoms with Crippen molar-refractivity contribution in [2.45, 2.75) is 46.2 Å². The summed E-state index contributed by atoms with van der Waals surface area (Å²) in [5, 5.41) is 12.7. The predicted molar refractivity (Wildman–Crippen MR) is 131 cm³/mol. The molecule has 0 unspecified atom stereocenters. The molecule has 34 heavy (non-hydrogen) atoms. The summed E-state index contributed by atoms with van der Waals surface area (Å²) in [4.78, 5) is 25.2. The molecule has 2 amide bonds. The van der Waals surface area contributed by atoms with Gasteiger partial charge in [-0.25, -0.2) is 4.79 Å². The van der Waals surface area contributed by atoms with E-state index in [1.165, 1.54) is 11.1 Å². The minimum Gasteiger partial charge on any atom is -0.450 e. The molecule has 6 rings (SSSR count). The van der Waals surface area contributed by atoms with Crippen LogP contribution in [0.15, 0.2) is 24.4 Å². The van der Waals surface area contributed by atoms with Crippen LogP contribution in [0.5, 0.6) is 0 Å². The third kappa shape index (κ3) is 2.87. The lowest BCUT2D eigenvalue weighted by Crippen LogP contribution is -2.15. The molecular weight excluding hydrogens is 430 g/mol. The number of amides is 2. The highest BCUT2D eigenvalue weighted by Crippen LogP contribution is 2.47. The summed E-state index contributed by atoms with van der Waals surface area (Å²) in [5.41, 5.74) is 9.17. The second-order valence-corrected chi connectivity index (χ2v) is 9.01. The lowest BCUT2D eigenvalue weighted by molar-refractivity contribution is 0.0966.